The Hall–Kier alpha value is -1.82. The number of aromatic carboxylic acids is 1. The molecule has 6 heteroatoms. The number of carboxylic acids is 1. The van der Waals surface area contributed by atoms with E-state index in [-0.39, 0.29) is 5.56 Å². The molecule has 2 aromatic rings. The molecule has 1 aromatic carbocycles. The van der Waals surface area contributed by atoms with Crippen molar-refractivity contribution in [1.29, 1.82) is 0 Å². The fourth-order valence-electron chi connectivity index (χ4n) is 1.42. The molecule has 0 aliphatic carbocycles. The number of hydrogen-bond acceptors (Lipinski definition) is 3. The summed E-state index contributed by atoms with van der Waals surface area (Å²) in [6, 6.07) is 4.66. The van der Waals surface area contributed by atoms with E-state index < -0.39 is 5.97 Å². The quantitative estimate of drug-likeness (QED) is 0.942. The molecule has 0 unspecified atom stereocenters. The van der Waals surface area contributed by atoms with E-state index in [1.807, 2.05) is 11.6 Å². The lowest BCUT2D eigenvalue weighted by Gasteiger charge is -2.09. The summed E-state index contributed by atoms with van der Waals surface area (Å²) in [7, 11) is 1.87. The summed E-state index contributed by atoms with van der Waals surface area (Å²) in [6.07, 6.45) is 3.39. The second-order valence-electron chi connectivity index (χ2n) is 3.73. The molecule has 0 aliphatic heterocycles. The Morgan fingerprint density at radius 2 is 2.33 bits per heavy atom. The van der Waals surface area contributed by atoms with Crippen LogP contribution in [-0.2, 0) is 13.7 Å². The van der Waals surface area contributed by atoms with Gasteiger partial charge in [0.05, 0.1) is 28.3 Å². The third kappa shape index (κ3) is 2.70. The molecular weight excluding hydrogens is 300 g/mol. The van der Waals surface area contributed by atoms with E-state index in [2.05, 4.69) is 20.9 Å². The number of carbonyl (C=O) groups is 1. The minimum absolute atomic E-state index is 0.193. The molecule has 5 nitrogen and oxygen atoms in total. The van der Waals surface area contributed by atoms with E-state index in [4.69, 9.17) is 9.84 Å². The fourth-order valence-corrected chi connectivity index (χ4v) is 1.78. The lowest BCUT2D eigenvalue weighted by molar-refractivity contribution is 0.0696. The van der Waals surface area contributed by atoms with Gasteiger partial charge in [0.1, 0.15) is 12.4 Å². The normalized spacial score (nSPS) is 10.3. The summed E-state index contributed by atoms with van der Waals surface area (Å²) in [5.41, 5.74) is 1.10. The van der Waals surface area contributed by atoms with Gasteiger partial charge in [0.2, 0.25) is 0 Å². The first-order chi connectivity index (χ1) is 8.58. The van der Waals surface area contributed by atoms with Gasteiger partial charge < -0.3 is 14.4 Å². The van der Waals surface area contributed by atoms with Gasteiger partial charge >= 0.3 is 5.97 Å². The Bertz CT molecular complexity index is 580. The highest BCUT2D eigenvalue weighted by Gasteiger charge is 2.09. The van der Waals surface area contributed by atoms with Crippen LogP contribution in [-0.4, -0.2) is 20.6 Å². The van der Waals surface area contributed by atoms with Crippen molar-refractivity contribution in [3.05, 3.63) is 46.5 Å². The van der Waals surface area contributed by atoms with Gasteiger partial charge in [-0.05, 0) is 34.1 Å². The zero-order chi connectivity index (χ0) is 13.1. The Labute approximate surface area is 112 Å². The standard InChI is InChI=1S/C12H11BrN2O3/c1-15-7-14-5-9(15)6-18-11-4-8(12(16)17)2-3-10(11)13/h2-5,7H,6H2,1H3,(H,16,17). The number of benzene rings is 1. The molecular formula is C12H11BrN2O3. The third-order valence-corrected chi connectivity index (χ3v) is 3.13. The van der Waals surface area contributed by atoms with Gasteiger partial charge in [0.15, 0.2) is 0 Å². The monoisotopic (exact) mass is 310 g/mol. The van der Waals surface area contributed by atoms with Crippen LogP contribution in [0.5, 0.6) is 5.75 Å². The average Bonchev–Trinajstić information content (AvgIpc) is 2.73. The van der Waals surface area contributed by atoms with E-state index in [9.17, 15) is 4.79 Å². The first-order valence-electron chi connectivity index (χ1n) is 5.19. The number of carboxylic acid groups (broad SMARTS) is 1. The van der Waals surface area contributed by atoms with E-state index in [1.165, 1.54) is 12.1 Å². The average molecular weight is 311 g/mol. The summed E-state index contributed by atoms with van der Waals surface area (Å²) < 4.78 is 8.14. The van der Waals surface area contributed by atoms with Crippen molar-refractivity contribution < 1.29 is 14.6 Å². The van der Waals surface area contributed by atoms with Gasteiger partial charge in [-0.15, -0.1) is 0 Å². The van der Waals surface area contributed by atoms with Gasteiger partial charge in [-0.3, -0.25) is 0 Å². The van der Waals surface area contributed by atoms with Crippen LogP contribution in [0.4, 0.5) is 0 Å². The Kier molecular flexibility index (Phi) is 3.66. The number of imidazole rings is 1. The first kappa shape index (κ1) is 12.6. The fraction of sp³-hybridized carbons (Fsp3) is 0.167. The first-order valence-corrected chi connectivity index (χ1v) is 5.98. The number of aryl methyl sites for hydroxylation is 1. The van der Waals surface area contributed by atoms with Gasteiger partial charge in [-0.25, -0.2) is 9.78 Å². The molecule has 0 saturated carbocycles. The molecule has 2 rings (SSSR count). The van der Waals surface area contributed by atoms with Crippen LogP contribution >= 0.6 is 15.9 Å². The van der Waals surface area contributed by atoms with Crippen LogP contribution in [0.3, 0.4) is 0 Å². The van der Waals surface area contributed by atoms with Crippen LogP contribution in [0.15, 0.2) is 35.2 Å². The minimum atomic E-state index is -0.979. The van der Waals surface area contributed by atoms with Crippen molar-refractivity contribution in [2.75, 3.05) is 0 Å². The van der Waals surface area contributed by atoms with Crippen LogP contribution < -0.4 is 4.74 Å². The van der Waals surface area contributed by atoms with E-state index in [1.54, 1.807) is 18.6 Å². The topological polar surface area (TPSA) is 64.4 Å². The zero-order valence-electron chi connectivity index (χ0n) is 9.63. The maximum absolute atomic E-state index is 10.9. The van der Waals surface area contributed by atoms with Crippen LogP contribution in [0.25, 0.3) is 0 Å². The van der Waals surface area contributed by atoms with E-state index >= 15 is 0 Å². The molecule has 0 aliphatic rings. The van der Waals surface area contributed by atoms with E-state index in [0.717, 1.165) is 10.2 Å². The van der Waals surface area contributed by atoms with E-state index in [0.29, 0.717) is 12.4 Å². The highest BCUT2D eigenvalue weighted by Crippen LogP contribution is 2.26. The molecule has 1 aromatic heterocycles. The number of nitrogens with zero attached hydrogens (tertiary/aromatic N) is 2. The Morgan fingerprint density at radius 3 is 2.94 bits per heavy atom. The van der Waals surface area contributed by atoms with Crippen molar-refractivity contribution >= 4 is 21.9 Å². The van der Waals surface area contributed by atoms with Crippen LogP contribution in [0.1, 0.15) is 16.1 Å². The summed E-state index contributed by atoms with van der Waals surface area (Å²) in [6.45, 7) is 0.332. The van der Waals surface area contributed by atoms with Gasteiger partial charge in [-0.2, -0.15) is 0 Å². The van der Waals surface area contributed by atoms with Crippen molar-refractivity contribution in [2.24, 2.45) is 7.05 Å². The number of ether oxygens (including phenoxy) is 1. The molecule has 0 atom stereocenters. The predicted molar refractivity (Wildman–Crippen MR) is 68.6 cm³/mol. The SMILES string of the molecule is Cn1cncc1COc1cc(C(=O)O)ccc1Br. The Morgan fingerprint density at radius 1 is 1.56 bits per heavy atom. The van der Waals surface area contributed by atoms with Crippen molar-refractivity contribution in [3.63, 3.8) is 0 Å². The smallest absolute Gasteiger partial charge is 0.335 e. The van der Waals surface area contributed by atoms with Crippen molar-refractivity contribution in [3.8, 4) is 5.75 Å². The molecule has 0 fully saturated rings. The molecule has 0 radical (unpaired) electrons. The highest BCUT2D eigenvalue weighted by atomic mass is 79.9. The summed E-state index contributed by atoms with van der Waals surface area (Å²) in [4.78, 5) is 14.8. The van der Waals surface area contributed by atoms with Gasteiger partial charge in [-0.1, -0.05) is 0 Å². The van der Waals surface area contributed by atoms with Crippen molar-refractivity contribution in [1.82, 2.24) is 9.55 Å². The lowest BCUT2D eigenvalue weighted by atomic mass is 10.2. The molecule has 0 bridgehead atoms. The van der Waals surface area contributed by atoms with Crippen molar-refractivity contribution in [2.45, 2.75) is 6.61 Å². The van der Waals surface area contributed by atoms with Gasteiger partial charge in [0, 0.05) is 7.05 Å². The number of hydrogen-bond donors (Lipinski definition) is 1. The van der Waals surface area contributed by atoms with Gasteiger partial charge in [0.25, 0.3) is 0 Å². The number of aromatic nitrogens is 2. The summed E-state index contributed by atoms with van der Waals surface area (Å²) >= 11 is 3.32. The maximum atomic E-state index is 10.9. The van der Waals surface area contributed by atoms with Crippen LogP contribution in [0, 0.1) is 0 Å². The molecule has 0 spiro atoms. The molecule has 18 heavy (non-hydrogen) atoms. The maximum Gasteiger partial charge on any atom is 0.335 e. The second kappa shape index (κ2) is 5.22. The molecule has 1 N–H and O–H groups in total. The zero-order valence-corrected chi connectivity index (χ0v) is 11.2. The molecule has 94 valence electrons. The molecule has 0 amide bonds. The summed E-state index contributed by atoms with van der Waals surface area (Å²) in [5.74, 6) is -0.482. The number of halogens is 1. The molecule has 1 heterocycles. The molecule has 0 saturated heterocycles. The summed E-state index contributed by atoms with van der Waals surface area (Å²) in [5, 5.41) is 8.91. The predicted octanol–water partition coefficient (Wildman–Crippen LogP) is 2.46. The van der Waals surface area contributed by atoms with Crippen LogP contribution in [0.2, 0.25) is 0 Å². The highest BCUT2D eigenvalue weighted by molar-refractivity contribution is 9.10. The lowest BCUT2D eigenvalue weighted by Crippen LogP contribution is -2.03. The largest absolute Gasteiger partial charge is 0.486 e. The Balaban J connectivity index is 2.16. The second-order valence-corrected chi connectivity index (χ2v) is 4.59. The third-order valence-electron chi connectivity index (χ3n) is 2.47. The number of rotatable bonds is 4. The minimum Gasteiger partial charge on any atom is -0.486 e.